The number of carbonyl (C=O) groups is 1. The van der Waals surface area contributed by atoms with Crippen molar-refractivity contribution in [2.24, 2.45) is 17.8 Å². The van der Waals surface area contributed by atoms with E-state index in [0.717, 1.165) is 12.8 Å². The maximum Gasteiger partial charge on any atom is 0.303 e. The molecule has 3 N–H and O–H groups in total. The molecule has 28 heavy (non-hydrogen) atoms. The fourth-order valence-electron chi connectivity index (χ4n) is 4.28. The molecule has 0 radical (unpaired) electrons. The molecule has 1 saturated heterocycles. The van der Waals surface area contributed by atoms with Crippen molar-refractivity contribution >= 4 is 5.97 Å². The van der Waals surface area contributed by atoms with Crippen molar-refractivity contribution in [3.05, 3.63) is 42.5 Å². The normalized spacial score (nSPS) is 31.3. The van der Waals surface area contributed by atoms with Gasteiger partial charge in [0.15, 0.2) is 0 Å². The second-order valence-corrected chi connectivity index (χ2v) is 7.87. The first-order chi connectivity index (χ1) is 13.5. The van der Waals surface area contributed by atoms with Crippen LogP contribution < -0.4 is 4.74 Å². The third-order valence-electron chi connectivity index (χ3n) is 5.83. The predicted molar refractivity (Wildman–Crippen MR) is 104 cm³/mol. The minimum atomic E-state index is -0.771. The Kier molecular flexibility index (Phi) is 7.48. The molecular formula is C22H30O6. The molecule has 1 aliphatic heterocycles. The lowest BCUT2D eigenvalue weighted by molar-refractivity contribution is -0.137. The zero-order valence-electron chi connectivity index (χ0n) is 16.0. The summed E-state index contributed by atoms with van der Waals surface area (Å²) >= 11 is 0. The van der Waals surface area contributed by atoms with Crippen LogP contribution in [0.4, 0.5) is 0 Å². The summed E-state index contributed by atoms with van der Waals surface area (Å²) < 4.78 is 11.6. The highest BCUT2D eigenvalue weighted by Gasteiger charge is 2.43. The fraction of sp³-hybridized carbons (Fsp3) is 0.591. The van der Waals surface area contributed by atoms with Crippen molar-refractivity contribution in [2.45, 2.75) is 50.4 Å². The molecule has 0 unspecified atom stereocenters. The Morgan fingerprint density at radius 2 is 2.07 bits per heavy atom. The topological polar surface area (TPSA) is 96.2 Å². The number of rotatable bonds is 8. The molecule has 6 nitrogen and oxygen atoms in total. The van der Waals surface area contributed by atoms with Gasteiger partial charge >= 0.3 is 5.97 Å². The van der Waals surface area contributed by atoms with E-state index in [1.54, 1.807) is 6.08 Å². The molecular weight excluding hydrogens is 360 g/mol. The van der Waals surface area contributed by atoms with Crippen LogP contribution in [-0.4, -0.2) is 52.8 Å². The van der Waals surface area contributed by atoms with E-state index in [0.29, 0.717) is 25.2 Å². The second-order valence-electron chi connectivity index (χ2n) is 7.87. The number of benzene rings is 1. The number of fused-ring (bicyclic) bond motifs is 1. The van der Waals surface area contributed by atoms with Crippen molar-refractivity contribution in [3.63, 3.8) is 0 Å². The van der Waals surface area contributed by atoms with Crippen molar-refractivity contribution in [2.75, 3.05) is 13.2 Å². The quantitative estimate of drug-likeness (QED) is 0.591. The Labute approximate surface area is 165 Å². The zero-order chi connectivity index (χ0) is 19.9. The van der Waals surface area contributed by atoms with Gasteiger partial charge in [-0.1, -0.05) is 30.4 Å². The summed E-state index contributed by atoms with van der Waals surface area (Å²) in [6.45, 7) is 0.719. The smallest absolute Gasteiger partial charge is 0.303 e. The number of ether oxygens (including phenoxy) is 2. The van der Waals surface area contributed by atoms with Crippen molar-refractivity contribution < 1.29 is 29.6 Å². The minimum absolute atomic E-state index is 0.00260. The predicted octanol–water partition coefficient (Wildman–Crippen LogP) is 2.64. The highest BCUT2D eigenvalue weighted by molar-refractivity contribution is 5.66. The van der Waals surface area contributed by atoms with E-state index >= 15 is 0 Å². The molecule has 2 fully saturated rings. The van der Waals surface area contributed by atoms with Crippen LogP contribution >= 0.6 is 0 Å². The lowest BCUT2D eigenvalue weighted by atomic mass is 9.86. The molecule has 0 amide bonds. The first-order valence-electron chi connectivity index (χ1n) is 10.1. The first kappa shape index (κ1) is 20.8. The van der Waals surface area contributed by atoms with Crippen molar-refractivity contribution in [1.29, 1.82) is 0 Å². The molecule has 154 valence electrons. The third kappa shape index (κ3) is 5.80. The molecule has 0 spiro atoms. The number of carboxylic acids is 1. The molecule has 2 aliphatic rings. The Bertz CT molecular complexity index is 646. The van der Waals surface area contributed by atoms with Gasteiger partial charge in [0.1, 0.15) is 18.5 Å². The molecule has 1 heterocycles. The molecule has 6 atom stereocenters. The van der Waals surface area contributed by atoms with Crippen LogP contribution in [0.25, 0.3) is 0 Å². The summed E-state index contributed by atoms with van der Waals surface area (Å²) in [5.41, 5.74) is 0. The molecule has 1 aromatic rings. The van der Waals surface area contributed by atoms with E-state index in [1.807, 2.05) is 36.4 Å². The fourth-order valence-corrected chi connectivity index (χ4v) is 4.28. The summed E-state index contributed by atoms with van der Waals surface area (Å²) in [5, 5.41) is 29.5. The van der Waals surface area contributed by atoms with E-state index in [1.165, 1.54) is 0 Å². The van der Waals surface area contributed by atoms with Crippen molar-refractivity contribution in [1.82, 2.24) is 0 Å². The molecule has 6 heteroatoms. The van der Waals surface area contributed by atoms with E-state index in [9.17, 15) is 15.0 Å². The second kappa shape index (κ2) is 10.0. The summed E-state index contributed by atoms with van der Waals surface area (Å²) in [4.78, 5) is 10.8. The zero-order valence-corrected chi connectivity index (χ0v) is 16.0. The number of aliphatic hydroxyl groups excluding tert-OH is 2. The van der Waals surface area contributed by atoms with Gasteiger partial charge < -0.3 is 24.8 Å². The molecule has 0 bridgehead atoms. The lowest BCUT2D eigenvalue weighted by Crippen LogP contribution is -2.22. The number of hydrogen-bond donors (Lipinski definition) is 3. The highest BCUT2D eigenvalue weighted by atomic mass is 16.5. The van der Waals surface area contributed by atoms with Gasteiger partial charge in [-0.05, 0) is 43.2 Å². The van der Waals surface area contributed by atoms with Gasteiger partial charge in [-0.15, -0.1) is 0 Å². The van der Waals surface area contributed by atoms with Crippen molar-refractivity contribution in [3.8, 4) is 5.75 Å². The van der Waals surface area contributed by atoms with Gasteiger partial charge in [-0.2, -0.15) is 0 Å². The number of carboxylic acid groups (broad SMARTS) is 1. The molecule has 3 rings (SSSR count). The van der Waals surface area contributed by atoms with E-state index in [-0.39, 0.29) is 36.9 Å². The van der Waals surface area contributed by atoms with Gasteiger partial charge in [0.05, 0.1) is 12.2 Å². The van der Waals surface area contributed by atoms with Gasteiger partial charge in [-0.25, -0.2) is 0 Å². The monoisotopic (exact) mass is 390 g/mol. The maximum absolute atomic E-state index is 10.8. The van der Waals surface area contributed by atoms with Crippen LogP contribution in [0, 0.1) is 17.8 Å². The summed E-state index contributed by atoms with van der Waals surface area (Å²) in [6.07, 6.45) is 5.56. The molecule has 1 saturated carbocycles. The number of hydrogen-bond acceptors (Lipinski definition) is 5. The Morgan fingerprint density at radius 1 is 1.29 bits per heavy atom. The van der Waals surface area contributed by atoms with E-state index < -0.39 is 18.2 Å². The summed E-state index contributed by atoms with van der Waals surface area (Å²) in [5.74, 6) is 0.333. The van der Waals surface area contributed by atoms with Crippen LogP contribution in [0.15, 0.2) is 42.5 Å². The Balaban J connectivity index is 1.51. The number of aliphatic hydroxyl groups is 2. The Morgan fingerprint density at radius 3 is 2.82 bits per heavy atom. The highest BCUT2D eigenvalue weighted by Crippen LogP contribution is 2.41. The molecule has 0 aromatic heterocycles. The SMILES string of the molecule is O=C(O)CC[C@H]1CC[C@@H]2[C@@H](/C=C/[C@@H](O)COc3ccccc3)[C@H](O)C[C@@H]2OC1. The van der Waals surface area contributed by atoms with Crippen LogP contribution in [0.3, 0.4) is 0 Å². The van der Waals surface area contributed by atoms with Crippen LogP contribution in [0.2, 0.25) is 0 Å². The first-order valence-corrected chi connectivity index (χ1v) is 10.1. The van der Waals surface area contributed by atoms with Gasteiger partial charge in [0.25, 0.3) is 0 Å². The lowest BCUT2D eigenvalue weighted by Gasteiger charge is -2.21. The summed E-state index contributed by atoms with van der Waals surface area (Å²) in [7, 11) is 0. The van der Waals surface area contributed by atoms with Gasteiger partial charge in [0, 0.05) is 25.4 Å². The summed E-state index contributed by atoms with van der Waals surface area (Å²) in [6, 6.07) is 9.34. The standard InChI is InChI=1S/C22H30O6/c23-16(14-27-17-4-2-1-3-5-17)8-10-18-19-9-6-15(7-11-22(25)26)13-28-21(19)12-20(18)24/h1-5,8,10,15-16,18-21,23-24H,6-7,9,11-14H2,(H,25,26)/b10-8+/t15-,16-,18-,19-,20-,21+/m1/s1. The van der Waals surface area contributed by atoms with Crippen LogP contribution in [0.5, 0.6) is 5.75 Å². The largest absolute Gasteiger partial charge is 0.491 e. The average molecular weight is 390 g/mol. The number of para-hydroxylation sites is 1. The third-order valence-corrected chi connectivity index (χ3v) is 5.83. The van der Waals surface area contributed by atoms with Crippen LogP contribution in [0.1, 0.15) is 32.1 Å². The molecule has 1 aliphatic carbocycles. The van der Waals surface area contributed by atoms with Crippen LogP contribution in [-0.2, 0) is 9.53 Å². The van der Waals surface area contributed by atoms with Gasteiger partial charge in [0.2, 0.25) is 0 Å². The maximum atomic E-state index is 10.8. The minimum Gasteiger partial charge on any atom is -0.491 e. The molecule has 1 aromatic carbocycles. The van der Waals surface area contributed by atoms with Gasteiger partial charge in [-0.3, -0.25) is 4.79 Å². The number of aliphatic carboxylic acids is 1. The average Bonchev–Trinajstić information content (AvgIpc) is 2.85. The van der Waals surface area contributed by atoms with E-state index in [2.05, 4.69) is 0 Å². The van der Waals surface area contributed by atoms with E-state index in [4.69, 9.17) is 14.6 Å². The Hall–Kier alpha value is -1.89.